The van der Waals surface area contributed by atoms with Crippen LogP contribution < -0.4 is 10.6 Å². The number of nitrogens with one attached hydrogen (secondary N) is 2. The van der Waals surface area contributed by atoms with Crippen molar-refractivity contribution in [2.45, 2.75) is 19.4 Å². The van der Waals surface area contributed by atoms with Crippen molar-refractivity contribution in [3.8, 4) is 5.69 Å². The van der Waals surface area contributed by atoms with Crippen molar-refractivity contribution >= 4 is 30.7 Å². The summed E-state index contributed by atoms with van der Waals surface area (Å²) < 4.78 is 1.70. The minimum Gasteiger partial charge on any atom is -0.351 e. The Hall–Kier alpha value is -1.63. The lowest BCUT2D eigenvalue weighted by Crippen LogP contribution is -2.34. The maximum atomic E-state index is 11.7. The Balaban J connectivity index is 0.00000132. The van der Waals surface area contributed by atoms with Crippen LogP contribution in [0.2, 0.25) is 0 Å². The van der Waals surface area contributed by atoms with E-state index >= 15 is 0 Å². The highest BCUT2D eigenvalue weighted by atomic mass is 35.5. The van der Waals surface area contributed by atoms with Gasteiger partial charge in [0.15, 0.2) is 0 Å². The first-order valence-electron chi connectivity index (χ1n) is 7.22. The number of halogens is 2. The van der Waals surface area contributed by atoms with Crippen LogP contribution in [0.15, 0.2) is 36.9 Å². The van der Waals surface area contributed by atoms with Crippen molar-refractivity contribution in [3.63, 3.8) is 0 Å². The number of rotatable bonds is 7. The van der Waals surface area contributed by atoms with Crippen LogP contribution in [-0.4, -0.2) is 33.8 Å². The maximum Gasteiger partial charge on any atom is 0.234 e. The SMILES string of the molecule is Cl.Cl.O=C(CNCC1CC1)NCc1ccc(-n2cncn2)cc1. The molecule has 1 heterocycles. The zero-order valence-electron chi connectivity index (χ0n) is 12.6. The summed E-state index contributed by atoms with van der Waals surface area (Å²) in [5.74, 6) is 0.832. The molecule has 0 unspecified atom stereocenters. The Labute approximate surface area is 147 Å². The third kappa shape index (κ3) is 6.17. The number of benzene rings is 1. The molecule has 1 saturated carbocycles. The molecule has 2 N–H and O–H groups in total. The summed E-state index contributed by atoms with van der Waals surface area (Å²) in [4.78, 5) is 15.6. The Bertz CT molecular complexity index is 584. The molecule has 6 nitrogen and oxygen atoms in total. The van der Waals surface area contributed by atoms with Gasteiger partial charge in [0.2, 0.25) is 5.91 Å². The van der Waals surface area contributed by atoms with Gasteiger partial charge < -0.3 is 10.6 Å². The summed E-state index contributed by atoms with van der Waals surface area (Å²) >= 11 is 0. The van der Waals surface area contributed by atoms with Crippen molar-refractivity contribution in [1.29, 1.82) is 0 Å². The van der Waals surface area contributed by atoms with Crippen LogP contribution >= 0.6 is 24.8 Å². The van der Waals surface area contributed by atoms with Crippen molar-refractivity contribution in [3.05, 3.63) is 42.5 Å². The van der Waals surface area contributed by atoms with E-state index in [1.165, 1.54) is 19.2 Å². The molecular weight excluding hydrogens is 337 g/mol. The fourth-order valence-electron chi connectivity index (χ4n) is 2.08. The molecule has 1 amide bonds. The van der Waals surface area contributed by atoms with Gasteiger partial charge in [0.25, 0.3) is 0 Å². The molecule has 0 bridgehead atoms. The molecule has 0 atom stereocenters. The van der Waals surface area contributed by atoms with Crippen LogP contribution in [0, 0.1) is 5.92 Å². The standard InChI is InChI=1S/C15H19N5O.2ClH/c21-15(9-16-7-12-1-2-12)18-8-13-3-5-14(6-4-13)20-11-17-10-19-20;;/h3-6,10-12,16H,1-2,7-9H2,(H,18,21);2*1H. The van der Waals surface area contributed by atoms with Crippen molar-refractivity contribution in [2.75, 3.05) is 13.1 Å². The van der Waals surface area contributed by atoms with Gasteiger partial charge in [0.05, 0.1) is 12.2 Å². The van der Waals surface area contributed by atoms with Crippen LogP contribution in [0.5, 0.6) is 0 Å². The molecule has 3 rings (SSSR count). The van der Waals surface area contributed by atoms with Gasteiger partial charge in [-0.2, -0.15) is 5.10 Å². The molecule has 23 heavy (non-hydrogen) atoms. The minimum absolute atomic E-state index is 0. The summed E-state index contributed by atoms with van der Waals surface area (Å²) in [5, 5.41) is 10.2. The first kappa shape index (κ1) is 19.4. The van der Waals surface area contributed by atoms with Gasteiger partial charge in [-0.3, -0.25) is 4.79 Å². The lowest BCUT2D eigenvalue weighted by Gasteiger charge is -2.07. The Morgan fingerprint density at radius 3 is 2.57 bits per heavy atom. The first-order chi connectivity index (χ1) is 10.3. The Morgan fingerprint density at radius 2 is 1.96 bits per heavy atom. The quantitative estimate of drug-likeness (QED) is 0.791. The van der Waals surface area contributed by atoms with Gasteiger partial charge in [0.1, 0.15) is 12.7 Å². The fourth-order valence-corrected chi connectivity index (χ4v) is 2.08. The number of hydrogen-bond acceptors (Lipinski definition) is 4. The number of aromatic nitrogens is 3. The van der Waals surface area contributed by atoms with Crippen molar-refractivity contribution in [1.82, 2.24) is 25.4 Å². The molecule has 1 aromatic heterocycles. The minimum atomic E-state index is 0. The van der Waals surface area contributed by atoms with E-state index < -0.39 is 0 Å². The monoisotopic (exact) mass is 357 g/mol. The molecule has 1 aliphatic carbocycles. The fraction of sp³-hybridized carbons (Fsp3) is 0.400. The van der Waals surface area contributed by atoms with Gasteiger partial charge in [-0.05, 0) is 43.0 Å². The summed E-state index contributed by atoms with van der Waals surface area (Å²) in [6, 6.07) is 7.88. The second kappa shape index (κ2) is 9.50. The second-order valence-corrected chi connectivity index (χ2v) is 5.36. The molecule has 1 aliphatic rings. The average molecular weight is 358 g/mol. The Morgan fingerprint density at radius 1 is 1.22 bits per heavy atom. The highest BCUT2D eigenvalue weighted by Crippen LogP contribution is 2.27. The van der Waals surface area contributed by atoms with Gasteiger partial charge in [-0.15, -0.1) is 24.8 Å². The summed E-state index contributed by atoms with van der Waals surface area (Å²) in [6.45, 7) is 1.90. The molecule has 1 fully saturated rings. The lowest BCUT2D eigenvalue weighted by molar-refractivity contribution is -0.120. The second-order valence-electron chi connectivity index (χ2n) is 5.36. The molecule has 0 aliphatic heterocycles. The van der Waals surface area contributed by atoms with Crippen LogP contribution in [0.25, 0.3) is 5.69 Å². The third-order valence-corrected chi connectivity index (χ3v) is 3.52. The normalized spacial score (nSPS) is 12.9. The van der Waals surface area contributed by atoms with E-state index in [4.69, 9.17) is 0 Å². The topological polar surface area (TPSA) is 71.8 Å². The van der Waals surface area contributed by atoms with Gasteiger partial charge >= 0.3 is 0 Å². The smallest absolute Gasteiger partial charge is 0.234 e. The van der Waals surface area contributed by atoms with E-state index in [0.717, 1.165) is 23.7 Å². The summed E-state index contributed by atoms with van der Waals surface area (Å²) in [6.07, 6.45) is 5.75. The van der Waals surface area contributed by atoms with E-state index in [0.29, 0.717) is 13.1 Å². The largest absolute Gasteiger partial charge is 0.351 e. The number of nitrogens with zero attached hydrogens (tertiary/aromatic N) is 3. The maximum absolute atomic E-state index is 11.7. The average Bonchev–Trinajstić information content (AvgIpc) is 3.16. The zero-order chi connectivity index (χ0) is 14.5. The molecule has 0 radical (unpaired) electrons. The predicted octanol–water partition coefficient (Wildman–Crippen LogP) is 1.73. The van der Waals surface area contributed by atoms with Crippen LogP contribution in [0.1, 0.15) is 18.4 Å². The highest BCUT2D eigenvalue weighted by molar-refractivity contribution is 5.85. The van der Waals surface area contributed by atoms with Gasteiger partial charge in [-0.25, -0.2) is 9.67 Å². The summed E-state index contributed by atoms with van der Waals surface area (Å²) in [5.41, 5.74) is 2.02. The molecule has 0 saturated heterocycles. The number of hydrogen-bond donors (Lipinski definition) is 2. The summed E-state index contributed by atoms with van der Waals surface area (Å²) in [7, 11) is 0. The third-order valence-electron chi connectivity index (χ3n) is 3.52. The zero-order valence-corrected chi connectivity index (χ0v) is 14.3. The molecule has 8 heteroatoms. The highest BCUT2D eigenvalue weighted by Gasteiger charge is 2.20. The predicted molar refractivity (Wildman–Crippen MR) is 93.3 cm³/mol. The lowest BCUT2D eigenvalue weighted by atomic mass is 10.2. The van der Waals surface area contributed by atoms with Crippen molar-refractivity contribution < 1.29 is 4.79 Å². The van der Waals surface area contributed by atoms with E-state index in [9.17, 15) is 4.79 Å². The Kier molecular flexibility index (Phi) is 8.02. The van der Waals surface area contributed by atoms with Crippen LogP contribution in [0.4, 0.5) is 0 Å². The molecule has 126 valence electrons. The molecule has 2 aromatic rings. The molecular formula is C15H21Cl2N5O. The number of amides is 1. The van der Waals surface area contributed by atoms with E-state index in [1.54, 1.807) is 11.0 Å². The van der Waals surface area contributed by atoms with E-state index in [1.807, 2.05) is 24.3 Å². The van der Waals surface area contributed by atoms with Crippen LogP contribution in [-0.2, 0) is 11.3 Å². The van der Waals surface area contributed by atoms with Gasteiger partial charge in [0, 0.05) is 6.54 Å². The van der Waals surface area contributed by atoms with Gasteiger partial charge in [-0.1, -0.05) is 12.1 Å². The number of carbonyl (C=O) groups is 1. The first-order valence-corrected chi connectivity index (χ1v) is 7.22. The van der Waals surface area contributed by atoms with E-state index in [-0.39, 0.29) is 30.7 Å². The number of carbonyl (C=O) groups excluding carboxylic acids is 1. The molecule has 1 aromatic carbocycles. The van der Waals surface area contributed by atoms with E-state index in [2.05, 4.69) is 20.7 Å². The van der Waals surface area contributed by atoms with Crippen molar-refractivity contribution in [2.24, 2.45) is 5.92 Å². The molecule has 0 spiro atoms. The van der Waals surface area contributed by atoms with Crippen LogP contribution in [0.3, 0.4) is 0 Å².